The summed E-state index contributed by atoms with van der Waals surface area (Å²) < 4.78 is 3.35. The van der Waals surface area contributed by atoms with Crippen LogP contribution in [0.25, 0.3) is 33.9 Å². The quantitative estimate of drug-likeness (QED) is 0.0262. The molecule has 2 aliphatic heterocycles. The van der Waals surface area contributed by atoms with Gasteiger partial charge >= 0.3 is 0 Å². The Morgan fingerprint density at radius 3 is 0.631 bits per heavy atom. The zero-order valence-corrected chi connectivity index (χ0v) is 90.3. The molecule has 0 amide bonds. The van der Waals surface area contributed by atoms with E-state index in [2.05, 4.69) is 168 Å². The molecule has 0 aromatic heterocycles. The molecule has 2 aliphatic rings. The summed E-state index contributed by atoms with van der Waals surface area (Å²) in [7, 11) is 2.00. The van der Waals surface area contributed by atoms with Crippen LogP contribution in [-0.2, 0) is 88.3 Å². The predicted octanol–water partition coefficient (Wildman–Crippen LogP) is 39.8. The second-order valence-corrected chi connectivity index (χ2v) is 39.1. The Hall–Kier alpha value is -4.14. The first-order valence-corrected chi connectivity index (χ1v) is 56.0. The molecule has 6 nitrogen and oxygen atoms in total. The summed E-state index contributed by atoms with van der Waals surface area (Å²) in [5.74, 6) is 0. The molecule has 0 unspecified atom stereocenters. The molecule has 2 heterocycles. The third kappa shape index (κ3) is 53.0. The number of hydrogen-bond donors (Lipinski definition) is 2. The third-order valence-corrected chi connectivity index (χ3v) is 27.4. The minimum absolute atomic E-state index is 0. The summed E-state index contributed by atoms with van der Waals surface area (Å²) >= 11 is 0. The van der Waals surface area contributed by atoms with E-state index < -0.39 is 0 Å². The fourth-order valence-corrected chi connectivity index (χ4v) is 19.8. The van der Waals surface area contributed by atoms with Crippen molar-refractivity contribution in [1.82, 2.24) is 0 Å². The molecule has 746 valence electrons. The molecule has 0 fully saturated rings. The van der Waals surface area contributed by atoms with Crippen LogP contribution in [0.4, 0.5) is 0 Å². The van der Waals surface area contributed by atoms with Crippen molar-refractivity contribution in [1.29, 1.82) is 0 Å². The molecule has 0 radical (unpaired) electrons. The summed E-state index contributed by atoms with van der Waals surface area (Å²) in [5.41, 5.74) is 51.6. The van der Waals surface area contributed by atoms with E-state index in [1.165, 1.54) is 474 Å². The van der Waals surface area contributed by atoms with Crippen LogP contribution in [0, 0.1) is 0 Å². The normalized spacial score (nSPS) is 12.6. The van der Waals surface area contributed by atoms with Gasteiger partial charge in [0.2, 0.25) is 22.8 Å². The fourth-order valence-electron chi connectivity index (χ4n) is 19.8. The van der Waals surface area contributed by atoms with Gasteiger partial charge in [-0.15, -0.1) is 0 Å². The average molecular weight is 1930 g/mol. The van der Waals surface area contributed by atoms with Gasteiger partial charge < -0.3 is 21.3 Å². The number of unbranched alkanes of at least 4 members (excludes halogenated alkanes) is 52. The SMILES string of the molecule is CCCCCCCCCCCCCCCCCCCCC=CC1=C(c2cc(CCCCCCCC)cc(CCCCCCCC)c2)[N+](=[N-])C(c2cc(CCCCCCCC)cc(CCCCCCCC)c2)=C1CCCCCCCC.CCCCCc1cc(CCCCC)cc(C2=C(CC)C(CCCC)=C(c3cc(CCCCC)cc(CCCCC)c3)[N+]2=[N-])c1.CO.CO.[Ni].[Pd]. The van der Waals surface area contributed by atoms with Gasteiger partial charge in [-0.3, -0.25) is 0 Å². The molecule has 0 atom stereocenters. The van der Waals surface area contributed by atoms with Gasteiger partial charge in [0.25, 0.3) is 0 Å². The van der Waals surface area contributed by atoms with Crippen molar-refractivity contribution < 1.29 is 56.5 Å². The van der Waals surface area contributed by atoms with E-state index in [0.717, 1.165) is 127 Å². The number of benzene rings is 4. The van der Waals surface area contributed by atoms with Crippen molar-refractivity contribution in [2.75, 3.05) is 14.2 Å². The maximum atomic E-state index is 13.3. The van der Waals surface area contributed by atoms with Crippen LogP contribution in [-0.4, -0.2) is 33.8 Å². The first kappa shape index (κ1) is 124. The summed E-state index contributed by atoms with van der Waals surface area (Å²) in [4.78, 5) is 0. The van der Waals surface area contributed by atoms with Gasteiger partial charge in [0.05, 0.1) is 5.57 Å². The van der Waals surface area contributed by atoms with E-state index in [9.17, 15) is 11.1 Å². The molecule has 4 aromatic carbocycles. The van der Waals surface area contributed by atoms with Crippen molar-refractivity contribution in [3.8, 4) is 0 Å². The maximum absolute atomic E-state index is 13.3. The first-order chi connectivity index (χ1) is 63.0. The molecule has 0 bridgehead atoms. The molecule has 4 aromatic rings. The Labute approximate surface area is 830 Å². The van der Waals surface area contributed by atoms with Crippen molar-refractivity contribution in [3.05, 3.63) is 185 Å². The van der Waals surface area contributed by atoms with Gasteiger partial charge in [-0.25, -0.2) is 9.39 Å². The van der Waals surface area contributed by atoms with E-state index >= 15 is 0 Å². The number of aliphatic hydroxyl groups is 2. The zero-order valence-electron chi connectivity index (χ0n) is 87.7. The van der Waals surface area contributed by atoms with Crippen LogP contribution in [0.1, 0.15) is 574 Å². The largest absolute Gasteiger partial charge is 0.493 e. The number of allylic oxidation sites excluding steroid dienone is 6. The maximum Gasteiger partial charge on any atom is 0.215 e. The standard InChI is InChI=1S/C78H134N2.C42H64N2.2CH4O.Ni.Pd/c1-7-13-19-25-31-32-33-34-35-36-37-38-39-40-41-42-43-44-50-56-62-76-75(61-55-49-30-24-18-12-6)77(73-65-69(57-51-45-26-20-14-8-2)63-70(66-73)58-52-46-27-21-15-9-3)80(79)78(76)74-67-71(59-53-47-28-22-16-10-4)64-72(68-74)60-54-48-29-23-17-11-5;1-7-13-18-22-33-27-34(23-19-14-8-2)30-37(29-33)41-39(12-6)40(26-17-11-5)42(44(41)43)38-31-35(24-20-15-9-3)28-36(32-38)25-21-16-10-4;2*1-2;;/h56,62-68H,7-55,57-61H2,1-6H3;27-32H,7-26H2,1-6H3;2*2H,1H3;;. The van der Waals surface area contributed by atoms with Crippen LogP contribution < -0.4 is 0 Å². The Kier molecular flexibility index (Phi) is 81.3. The fraction of sp³-hybridized carbons (Fsp3) is 0.721. The van der Waals surface area contributed by atoms with E-state index in [0.29, 0.717) is 0 Å². The smallest absolute Gasteiger partial charge is 0.215 e. The summed E-state index contributed by atoms with van der Waals surface area (Å²) in [6, 6.07) is 29.6. The van der Waals surface area contributed by atoms with Gasteiger partial charge in [-0.2, -0.15) is 0 Å². The second kappa shape index (κ2) is 85.3. The monoisotopic (exact) mass is 1920 g/mol. The molecule has 0 saturated heterocycles. The molecular formula is C122H206N4NiO2Pd. The van der Waals surface area contributed by atoms with Crippen molar-refractivity contribution in [2.24, 2.45) is 0 Å². The number of nitrogens with zero attached hydrogens (tertiary/aromatic N) is 4. The minimum Gasteiger partial charge on any atom is -0.493 e. The number of rotatable bonds is 79. The van der Waals surface area contributed by atoms with Gasteiger partial charge in [0, 0.05) is 90.1 Å². The zero-order chi connectivity index (χ0) is 92.9. The molecule has 130 heavy (non-hydrogen) atoms. The van der Waals surface area contributed by atoms with Crippen LogP contribution in [0.5, 0.6) is 0 Å². The Bertz CT molecular complexity index is 3500. The molecule has 0 spiro atoms. The van der Waals surface area contributed by atoms with Crippen LogP contribution in [0.15, 0.2) is 107 Å². The predicted molar refractivity (Wildman–Crippen MR) is 569 cm³/mol. The van der Waals surface area contributed by atoms with Crippen molar-refractivity contribution >= 4 is 22.8 Å². The number of aliphatic hydroxyl groups excluding tert-OH is 2. The minimum atomic E-state index is 0. The molecule has 2 N–H and O–H groups in total. The number of hydrogen-bond acceptors (Lipinski definition) is 2. The van der Waals surface area contributed by atoms with Gasteiger partial charge in [0.15, 0.2) is 0 Å². The van der Waals surface area contributed by atoms with Gasteiger partial charge in [-0.05, 0) is 241 Å². The van der Waals surface area contributed by atoms with Crippen molar-refractivity contribution in [2.45, 2.75) is 558 Å². The van der Waals surface area contributed by atoms with Crippen molar-refractivity contribution in [3.63, 3.8) is 0 Å². The molecule has 8 heteroatoms. The molecule has 0 aliphatic carbocycles. The summed E-state index contributed by atoms with van der Waals surface area (Å²) in [6.45, 7) is 27.7. The second-order valence-electron chi connectivity index (χ2n) is 39.1. The van der Waals surface area contributed by atoms with Gasteiger partial charge in [-0.1, -0.05) is 447 Å². The van der Waals surface area contributed by atoms with E-state index in [1.807, 2.05) is 0 Å². The Balaban J connectivity index is 0.00000142. The molecular weight excluding hydrogens is 1720 g/mol. The molecule has 6 rings (SSSR count). The Morgan fingerprint density at radius 2 is 0.385 bits per heavy atom. The molecule has 0 saturated carbocycles. The summed E-state index contributed by atoms with van der Waals surface area (Å²) in [5, 5.41) is 14.0. The summed E-state index contributed by atoms with van der Waals surface area (Å²) in [6.07, 6.45) is 100. The topological polar surface area (TPSA) is 91.1 Å². The van der Waals surface area contributed by atoms with Crippen LogP contribution in [0.3, 0.4) is 0 Å². The van der Waals surface area contributed by atoms with E-state index in [4.69, 9.17) is 10.2 Å². The average Bonchev–Trinajstić information content (AvgIpc) is 1.60. The van der Waals surface area contributed by atoms with E-state index in [1.54, 1.807) is 9.39 Å². The van der Waals surface area contributed by atoms with Crippen LogP contribution in [0.2, 0.25) is 0 Å². The van der Waals surface area contributed by atoms with Crippen LogP contribution >= 0.6 is 0 Å². The van der Waals surface area contributed by atoms with Gasteiger partial charge in [0.1, 0.15) is 0 Å². The Morgan fingerprint density at radius 1 is 0.208 bits per heavy atom. The third-order valence-electron chi connectivity index (χ3n) is 27.4. The number of aryl methyl sites for hydroxylation is 8. The van der Waals surface area contributed by atoms with E-state index in [-0.39, 0.29) is 36.9 Å². The first-order valence-electron chi connectivity index (χ1n) is 56.0.